The lowest BCUT2D eigenvalue weighted by Crippen LogP contribution is -2.25. The van der Waals surface area contributed by atoms with Crippen LogP contribution in [0.3, 0.4) is 0 Å². The zero-order valence-electron chi connectivity index (χ0n) is 16.0. The summed E-state index contributed by atoms with van der Waals surface area (Å²) in [7, 11) is 0. The van der Waals surface area contributed by atoms with E-state index in [4.69, 9.17) is 4.74 Å². The second kappa shape index (κ2) is 10.5. The Morgan fingerprint density at radius 3 is 2.40 bits per heavy atom. The van der Waals surface area contributed by atoms with Crippen molar-refractivity contribution in [3.8, 4) is 5.75 Å². The lowest BCUT2D eigenvalue weighted by atomic mass is 10.2. The Hall–Kier alpha value is -4.00. The van der Waals surface area contributed by atoms with Crippen molar-refractivity contribution in [2.45, 2.75) is 13.0 Å². The zero-order chi connectivity index (χ0) is 21.2. The van der Waals surface area contributed by atoms with Gasteiger partial charge in [-0.1, -0.05) is 54.6 Å². The number of carbonyl (C=O) groups excluding carboxylic acids is 2. The van der Waals surface area contributed by atoms with Gasteiger partial charge in [-0.3, -0.25) is 9.59 Å². The number of benzene rings is 3. The first-order valence-electron chi connectivity index (χ1n) is 9.24. The number of nitrogens with one attached hydrogen (secondary N) is 2. The molecule has 0 saturated heterocycles. The average Bonchev–Trinajstić information content (AvgIpc) is 2.75. The van der Waals surface area contributed by atoms with E-state index in [9.17, 15) is 14.0 Å². The highest BCUT2D eigenvalue weighted by Gasteiger charge is 2.11. The predicted octanol–water partition coefficient (Wildman–Crippen LogP) is 3.88. The third-order valence-corrected chi connectivity index (χ3v) is 4.02. The van der Waals surface area contributed by atoms with E-state index < -0.39 is 24.1 Å². The summed E-state index contributed by atoms with van der Waals surface area (Å²) in [4.78, 5) is 23.8. The van der Waals surface area contributed by atoms with Crippen molar-refractivity contribution in [2.75, 3.05) is 5.32 Å². The van der Waals surface area contributed by atoms with E-state index in [1.165, 1.54) is 24.4 Å². The fourth-order valence-corrected chi connectivity index (χ4v) is 2.57. The first-order valence-corrected chi connectivity index (χ1v) is 9.24. The molecule has 30 heavy (non-hydrogen) atoms. The number of amides is 2. The monoisotopic (exact) mass is 405 g/mol. The summed E-state index contributed by atoms with van der Waals surface area (Å²) >= 11 is 0. The van der Waals surface area contributed by atoms with Crippen molar-refractivity contribution < 1.29 is 18.7 Å². The molecule has 0 atom stereocenters. The standard InChI is InChI=1S/C23H20FN3O3/c24-19-11-5-6-12-20(19)26-22(28)14-23(29)27-25-15-18-10-4-7-13-21(18)30-16-17-8-2-1-3-9-17/h1-13,15H,14,16H2,(H,26,28)(H,27,29). The molecule has 3 aromatic rings. The molecule has 0 aliphatic carbocycles. The molecule has 0 bridgehead atoms. The molecule has 0 aliphatic rings. The molecule has 3 rings (SSSR count). The molecule has 0 aliphatic heterocycles. The van der Waals surface area contributed by atoms with Gasteiger partial charge < -0.3 is 10.1 Å². The van der Waals surface area contributed by atoms with Crippen LogP contribution in [0.25, 0.3) is 0 Å². The van der Waals surface area contributed by atoms with E-state index >= 15 is 0 Å². The summed E-state index contributed by atoms with van der Waals surface area (Å²) in [6, 6.07) is 22.7. The van der Waals surface area contributed by atoms with Crippen LogP contribution < -0.4 is 15.5 Å². The zero-order valence-corrected chi connectivity index (χ0v) is 16.0. The summed E-state index contributed by atoms with van der Waals surface area (Å²) < 4.78 is 19.4. The molecule has 0 spiro atoms. The lowest BCUT2D eigenvalue weighted by molar-refractivity contribution is -0.126. The topological polar surface area (TPSA) is 79.8 Å². The number of hydrazone groups is 1. The van der Waals surface area contributed by atoms with E-state index in [0.29, 0.717) is 17.9 Å². The van der Waals surface area contributed by atoms with Crippen molar-refractivity contribution in [3.63, 3.8) is 0 Å². The highest BCUT2D eigenvalue weighted by Crippen LogP contribution is 2.17. The van der Waals surface area contributed by atoms with Crippen LogP contribution in [-0.4, -0.2) is 18.0 Å². The number of anilines is 1. The third-order valence-electron chi connectivity index (χ3n) is 4.02. The Morgan fingerprint density at radius 2 is 1.60 bits per heavy atom. The minimum atomic E-state index is -0.639. The van der Waals surface area contributed by atoms with Gasteiger partial charge in [-0.2, -0.15) is 5.10 Å². The second-order valence-corrected chi connectivity index (χ2v) is 6.31. The van der Waals surface area contributed by atoms with Gasteiger partial charge in [0, 0.05) is 5.56 Å². The molecule has 0 saturated carbocycles. The Labute approximate surface area is 173 Å². The minimum Gasteiger partial charge on any atom is -0.488 e. The number of para-hydroxylation sites is 2. The number of halogens is 1. The fourth-order valence-electron chi connectivity index (χ4n) is 2.57. The summed E-state index contributed by atoms with van der Waals surface area (Å²) in [6.07, 6.45) is 0.949. The number of ether oxygens (including phenoxy) is 1. The Morgan fingerprint density at radius 1 is 0.900 bits per heavy atom. The van der Waals surface area contributed by atoms with Gasteiger partial charge in [0.2, 0.25) is 11.8 Å². The molecule has 7 heteroatoms. The number of rotatable bonds is 8. The van der Waals surface area contributed by atoms with Gasteiger partial charge in [-0.05, 0) is 29.8 Å². The number of nitrogens with zero attached hydrogens (tertiary/aromatic N) is 1. The van der Waals surface area contributed by atoms with E-state index in [1.807, 2.05) is 42.5 Å². The molecular formula is C23H20FN3O3. The van der Waals surface area contributed by atoms with Gasteiger partial charge in [0.05, 0.1) is 11.9 Å². The van der Waals surface area contributed by atoms with Crippen LogP contribution in [0.4, 0.5) is 10.1 Å². The van der Waals surface area contributed by atoms with Crippen molar-refractivity contribution in [1.29, 1.82) is 0 Å². The van der Waals surface area contributed by atoms with Crippen LogP contribution >= 0.6 is 0 Å². The Balaban J connectivity index is 1.51. The maximum Gasteiger partial charge on any atom is 0.249 e. The highest BCUT2D eigenvalue weighted by atomic mass is 19.1. The molecule has 6 nitrogen and oxygen atoms in total. The van der Waals surface area contributed by atoms with Crippen LogP contribution in [0.2, 0.25) is 0 Å². The lowest BCUT2D eigenvalue weighted by Gasteiger charge is -2.09. The second-order valence-electron chi connectivity index (χ2n) is 6.31. The molecular weight excluding hydrogens is 385 g/mol. The molecule has 0 fully saturated rings. The summed E-state index contributed by atoms with van der Waals surface area (Å²) in [5.41, 5.74) is 4.00. The molecule has 0 heterocycles. The molecule has 3 aromatic carbocycles. The fraction of sp³-hybridized carbons (Fsp3) is 0.0870. The maximum absolute atomic E-state index is 13.5. The average molecular weight is 405 g/mol. The number of hydrogen-bond acceptors (Lipinski definition) is 4. The van der Waals surface area contributed by atoms with Gasteiger partial charge in [-0.15, -0.1) is 0 Å². The van der Waals surface area contributed by atoms with Gasteiger partial charge in [0.25, 0.3) is 0 Å². The van der Waals surface area contributed by atoms with Crippen molar-refractivity contribution in [2.24, 2.45) is 5.10 Å². The van der Waals surface area contributed by atoms with Crippen molar-refractivity contribution >= 4 is 23.7 Å². The molecule has 152 valence electrons. The van der Waals surface area contributed by atoms with E-state index in [1.54, 1.807) is 18.2 Å². The number of hydrogen-bond donors (Lipinski definition) is 2. The number of carbonyl (C=O) groups is 2. The van der Waals surface area contributed by atoms with Gasteiger partial charge >= 0.3 is 0 Å². The highest BCUT2D eigenvalue weighted by molar-refractivity contribution is 6.03. The van der Waals surface area contributed by atoms with Crippen molar-refractivity contribution in [3.05, 3.63) is 95.8 Å². The minimum absolute atomic E-state index is 0.0169. The largest absolute Gasteiger partial charge is 0.488 e. The maximum atomic E-state index is 13.5. The van der Waals surface area contributed by atoms with Crippen molar-refractivity contribution in [1.82, 2.24) is 5.43 Å². The Bertz CT molecular complexity index is 1040. The van der Waals surface area contributed by atoms with Crippen LogP contribution in [0, 0.1) is 5.82 Å². The van der Waals surface area contributed by atoms with Crippen LogP contribution in [0.15, 0.2) is 84.0 Å². The third kappa shape index (κ3) is 6.27. The quantitative estimate of drug-likeness (QED) is 0.339. The van der Waals surface area contributed by atoms with E-state index in [0.717, 1.165) is 5.56 Å². The summed E-state index contributed by atoms with van der Waals surface area (Å²) in [5, 5.41) is 6.22. The van der Waals surface area contributed by atoms with Crippen LogP contribution in [-0.2, 0) is 16.2 Å². The first-order chi connectivity index (χ1) is 14.6. The normalized spacial score (nSPS) is 10.6. The summed E-state index contributed by atoms with van der Waals surface area (Å²) in [6.45, 7) is 0.397. The predicted molar refractivity (Wildman–Crippen MR) is 113 cm³/mol. The molecule has 0 radical (unpaired) electrons. The van der Waals surface area contributed by atoms with E-state index in [2.05, 4.69) is 15.8 Å². The van der Waals surface area contributed by atoms with Crippen LogP contribution in [0.1, 0.15) is 17.5 Å². The van der Waals surface area contributed by atoms with Crippen LogP contribution in [0.5, 0.6) is 5.75 Å². The summed E-state index contributed by atoms with van der Waals surface area (Å²) in [5.74, 6) is -1.23. The smallest absolute Gasteiger partial charge is 0.249 e. The van der Waals surface area contributed by atoms with Gasteiger partial charge in [-0.25, -0.2) is 9.82 Å². The molecule has 0 aromatic heterocycles. The van der Waals surface area contributed by atoms with E-state index in [-0.39, 0.29) is 5.69 Å². The molecule has 2 N–H and O–H groups in total. The molecule has 2 amide bonds. The molecule has 0 unspecified atom stereocenters. The van der Waals surface area contributed by atoms with Gasteiger partial charge in [0.15, 0.2) is 0 Å². The first kappa shape index (κ1) is 20.7. The van der Waals surface area contributed by atoms with Gasteiger partial charge in [0.1, 0.15) is 24.6 Å². The Kier molecular flexibility index (Phi) is 7.27. The SMILES string of the molecule is O=C(CC(=O)Nc1ccccc1F)NN=Cc1ccccc1OCc1ccccc1.